The quantitative estimate of drug-likeness (QED) is 0.602. The van der Waals surface area contributed by atoms with Crippen molar-refractivity contribution in [1.82, 2.24) is 9.71 Å². The standard InChI is InChI=1S/C16H14N2O6S/c19-15(20)13(8-10-4-2-1-3-5-10)18-25(22,23)11-6-7-12-14(9-11)24-16(21)17-12/h1-7,9,13,18H,8H2,(H,17,21)(H,19,20)/t13-/m1/s1. The Kier molecular flexibility index (Phi) is 4.43. The maximum atomic E-state index is 12.5. The summed E-state index contributed by atoms with van der Waals surface area (Å²) in [6, 6.07) is 11.2. The summed E-state index contributed by atoms with van der Waals surface area (Å²) >= 11 is 0. The van der Waals surface area contributed by atoms with E-state index in [0.717, 1.165) is 6.07 Å². The van der Waals surface area contributed by atoms with E-state index in [0.29, 0.717) is 11.1 Å². The van der Waals surface area contributed by atoms with Crippen molar-refractivity contribution in [1.29, 1.82) is 0 Å². The number of fused-ring (bicyclic) bond motifs is 1. The Bertz CT molecular complexity index is 1070. The summed E-state index contributed by atoms with van der Waals surface area (Å²) in [7, 11) is -4.11. The third-order valence-electron chi connectivity index (χ3n) is 3.58. The van der Waals surface area contributed by atoms with Crippen molar-refractivity contribution in [2.75, 3.05) is 0 Å². The summed E-state index contributed by atoms with van der Waals surface area (Å²) < 4.78 is 32.0. The number of carboxylic acid groups (broad SMARTS) is 1. The van der Waals surface area contributed by atoms with E-state index < -0.39 is 27.8 Å². The van der Waals surface area contributed by atoms with Gasteiger partial charge < -0.3 is 9.52 Å². The molecule has 0 saturated heterocycles. The molecule has 0 aliphatic heterocycles. The van der Waals surface area contributed by atoms with E-state index in [9.17, 15) is 23.1 Å². The normalized spacial score (nSPS) is 13.0. The van der Waals surface area contributed by atoms with Crippen molar-refractivity contribution < 1.29 is 22.7 Å². The van der Waals surface area contributed by atoms with Crippen LogP contribution in [0.1, 0.15) is 5.56 Å². The molecule has 3 aromatic rings. The lowest BCUT2D eigenvalue weighted by Gasteiger charge is -2.15. The van der Waals surface area contributed by atoms with Crippen molar-refractivity contribution in [2.45, 2.75) is 17.4 Å². The van der Waals surface area contributed by atoms with Crippen LogP contribution < -0.4 is 10.5 Å². The minimum Gasteiger partial charge on any atom is -0.480 e. The molecule has 0 unspecified atom stereocenters. The zero-order valence-electron chi connectivity index (χ0n) is 12.8. The highest BCUT2D eigenvalue weighted by Gasteiger charge is 2.26. The average molecular weight is 362 g/mol. The molecule has 8 nitrogen and oxygen atoms in total. The van der Waals surface area contributed by atoms with Crippen molar-refractivity contribution in [2.24, 2.45) is 0 Å². The molecule has 1 atom stereocenters. The first-order valence-electron chi connectivity index (χ1n) is 7.27. The Balaban J connectivity index is 1.88. The number of aromatic nitrogens is 1. The third kappa shape index (κ3) is 3.78. The predicted molar refractivity (Wildman–Crippen MR) is 88.7 cm³/mol. The number of oxazole rings is 1. The highest BCUT2D eigenvalue weighted by Crippen LogP contribution is 2.17. The van der Waals surface area contributed by atoms with Crippen molar-refractivity contribution in [3.05, 3.63) is 64.6 Å². The van der Waals surface area contributed by atoms with Gasteiger partial charge in [-0.3, -0.25) is 9.78 Å². The molecule has 0 fully saturated rings. The zero-order chi connectivity index (χ0) is 18.0. The fourth-order valence-corrected chi connectivity index (χ4v) is 3.58. The van der Waals surface area contributed by atoms with Crippen molar-refractivity contribution >= 4 is 27.1 Å². The number of benzene rings is 2. The molecule has 0 radical (unpaired) electrons. The lowest BCUT2D eigenvalue weighted by Crippen LogP contribution is -2.42. The van der Waals surface area contributed by atoms with Gasteiger partial charge in [-0.1, -0.05) is 30.3 Å². The number of carbonyl (C=O) groups is 1. The smallest absolute Gasteiger partial charge is 0.417 e. The van der Waals surface area contributed by atoms with E-state index in [1.54, 1.807) is 30.3 Å². The van der Waals surface area contributed by atoms with Crippen LogP contribution >= 0.6 is 0 Å². The molecule has 0 saturated carbocycles. The number of aliphatic carboxylic acids is 1. The minimum atomic E-state index is -4.11. The second-order valence-electron chi connectivity index (χ2n) is 5.37. The van der Waals surface area contributed by atoms with Crippen LogP contribution in [-0.4, -0.2) is 30.5 Å². The molecule has 0 bridgehead atoms. The second-order valence-corrected chi connectivity index (χ2v) is 7.09. The van der Waals surface area contributed by atoms with Gasteiger partial charge in [0, 0.05) is 6.07 Å². The number of sulfonamides is 1. The number of aromatic amines is 1. The number of nitrogens with one attached hydrogen (secondary N) is 2. The Hall–Kier alpha value is -2.91. The lowest BCUT2D eigenvalue weighted by atomic mass is 10.1. The van der Waals surface area contributed by atoms with Gasteiger partial charge in [-0.15, -0.1) is 0 Å². The van der Waals surface area contributed by atoms with Crippen LogP contribution in [0.25, 0.3) is 11.1 Å². The summed E-state index contributed by atoms with van der Waals surface area (Å²) in [6.45, 7) is 0. The number of carboxylic acids is 1. The topological polar surface area (TPSA) is 129 Å². The summed E-state index contributed by atoms with van der Waals surface area (Å²) in [6.07, 6.45) is -0.00309. The second kappa shape index (κ2) is 6.54. The minimum absolute atomic E-state index is 0.00309. The molecular weight excluding hydrogens is 348 g/mol. The molecule has 0 aliphatic carbocycles. The molecule has 1 heterocycles. The van der Waals surface area contributed by atoms with Crippen LogP contribution in [0, 0.1) is 0 Å². The monoisotopic (exact) mass is 362 g/mol. The molecular formula is C16H14N2O6S. The Morgan fingerprint density at radius 3 is 2.60 bits per heavy atom. The van der Waals surface area contributed by atoms with Gasteiger partial charge in [0.15, 0.2) is 5.58 Å². The third-order valence-corrected chi connectivity index (χ3v) is 5.05. The van der Waals surface area contributed by atoms with E-state index >= 15 is 0 Å². The van der Waals surface area contributed by atoms with Gasteiger partial charge in [-0.25, -0.2) is 13.2 Å². The summed E-state index contributed by atoms with van der Waals surface area (Å²) in [4.78, 5) is 24.8. The van der Waals surface area contributed by atoms with Crippen LogP contribution in [0.2, 0.25) is 0 Å². The van der Waals surface area contributed by atoms with E-state index in [1.807, 2.05) is 0 Å². The van der Waals surface area contributed by atoms with Crippen molar-refractivity contribution in [3.63, 3.8) is 0 Å². The molecule has 9 heteroatoms. The Morgan fingerprint density at radius 1 is 1.20 bits per heavy atom. The van der Waals surface area contributed by atoms with Gasteiger partial charge in [0.1, 0.15) is 6.04 Å². The van der Waals surface area contributed by atoms with Gasteiger partial charge in [0.2, 0.25) is 10.0 Å². The first-order valence-corrected chi connectivity index (χ1v) is 8.75. The Labute approximate surface area is 142 Å². The number of rotatable bonds is 6. The zero-order valence-corrected chi connectivity index (χ0v) is 13.6. The first-order chi connectivity index (χ1) is 11.8. The van der Waals surface area contributed by atoms with Gasteiger partial charge in [-0.05, 0) is 24.1 Å². The summed E-state index contributed by atoms with van der Waals surface area (Å²) in [5.41, 5.74) is 1.11. The number of H-pyrrole nitrogens is 1. The highest BCUT2D eigenvalue weighted by atomic mass is 32.2. The molecule has 130 valence electrons. The van der Waals surface area contributed by atoms with E-state index in [1.165, 1.54) is 12.1 Å². The van der Waals surface area contributed by atoms with E-state index in [2.05, 4.69) is 9.71 Å². The van der Waals surface area contributed by atoms with Crippen LogP contribution in [0.15, 0.2) is 62.6 Å². The van der Waals surface area contributed by atoms with Crippen LogP contribution in [0.4, 0.5) is 0 Å². The molecule has 25 heavy (non-hydrogen) atoms. The molecule has 2 aromatic carbocycles. The molecule has 3 rings (SSSR count). The highest BCUT2D eigenvalue weighted by molar-refractivity contribution is 7.89. The fraction of sp³-hybridized carbons (Fsp3) is 0.125. The van der Waals surface area contributed by atoms with Crippen LogP contribution in [0.3, 0.4) is 0 Å². The summed E-state index contributed by atoms with van der Waals surface area (Å²) in [5, 5.41) is 9.33. The maximum absolute atomic E-state index is 12.5. The molecule has 0 spiro atoms. The maximum Gasteiger partial charge on any atom is 0.417 e. The SMILES string of the molecule is O=C(O)[C@@H](Cc1ccccc1)NS(=O)(=O)c1ccc2[nH]c(=O)oc2c1. The van der Waals surface area contributed by atoms with Gasteiger partial charge >= 0.3 is 11.7 Å². The largest absolute Gasteiger partial charge is 0.480 e. The molecule has 3 N–H and O–H groups in total. The van der Waals surface area contributed by atoms with E-state index in [-0.39, 0.29) is 16.9 Å². The molecule has 1 aromatic heterocycles. The van der Waals surface area contributed by atoms with Crippen LogP contribution in [-0.2, 0) is 21.2 Å². The first kappa shape index (κ1) is 16.9. The van der Waals surface area contributed by atoms with Crippen molar-refractivity contribution in [3.8, 4) is 0 Å². The number of hydrogen-bond acceptors (Lipinski definition) is 5. The predicted octanol–water partition coefficient (Wildman–Crippen LogP) is 1.10. The van der Waals surface area contributed by atoms with Crippen LogP contribution in [0.5, 0.6) is 0 Å². The fourth-order valence-electron chi connectivity index (χ4n) is 2.38. The molecule has 0 amide bonds. The Morgan fingerprint density at radius 2 is 1.92 bits per heavy atom. The van der Waals surface area contributed by atoms with Gasteiger partial charge in [-0.2, -0.15) is 4.72 Å². The van der Waals surface area contributed by atoms with Gasteiger partial charge in [0.05, 0.1) is 10.4 Å². The van der Waals surface area contributed by atoms with E-state index in [4.69, 9.17) is 4.42 Å². The number of hydrogen-bond donors (Lipinski definition) is 3. The molecule has 0 aliphatic rings. The average Bonchev–Trinajstić information content (AvgIpc) is 2.94. The summed E-state index contributed by atoms with van der Waals surface area (Å²) in [5.74, 6) is -1.99. The lowest BCUT2D eigenvalue weighted by molar-refractivity contribution is -0.138. The van der Waals surface area contributed by atoms with Gasteiger partial charge in [0.25, 0.3) is 0 Å².